The number of likely N-dealkylation sites (N-methyl/N-ethyl adjacent to an activating group) is 1. The number of rotatable bonds is 14. The molecule has 0 fully saturated rings. The Labute approximate surface area is 262 Å². The minimum Gasteiger partial charge on any atom is -0.495 e. The van der Waals surface area contributed by atoms with Crippen molar-refractivity contribution < 1.29 is 46.5 Å². The van der Waals surface area contributed by atoms with E-state index in [-0.39, 0.29) is 29.5 Å². The molecule has 16 heteroatoms. The lowest BCUT2D eigenvalue weighted by Crippen LogP contribution is -2.43. The predicted molar refractivity (Wildman–Crippen MR) is 161 cm³/mol. The Hall–Kier alpha value is -5.67. The largest absolute Gasteiger partial charge is 0.495 e. The Morgan fingerprint density at radius 1 is 1.00 bits per heavy atom. The molecule has 0 aromatic heterocycles. The van der Waals surface area contributed by atoms with Crippen molar-refractivity contribution in [3.63, 3.8) is 0 Å². The van der Waals surface area contributed by atoms with E-state index in [1.54, 1.807) is 55.5 Å². The standard InChI is InChI=1S/C30H33F3N6O7/c1-5-44-20-14-18(15-21(16-20)45-28(27(41)39(2)3)46-29(42)30(31,32)33)24(36-19-12-10-17(11-13-19)25(34)35)26(40)38-37-22-8-6-7-9-23(22)43-4/h6-16,24,28,36-37H,5H2,1-4H3,(H3,34,35)(H,38,40). The zero-order valence-electron chi connectivity index (χ0n) is 25.2. The molecule has 13 nitrogen and oxygen atoms in total. The Morgan fingerprint density at radius 2 is 1.65 bits per heavy atom. The van der Waals surface area contributed by atoms with Crippen molar-refractivity contribution in [2.75, 3.05) is 38.6 Å². The van der Waals surface area contributed by atoms with Gasteiger partial charge in [0.2, 0.25) is 0 Å². The summed E-state index contributed by atoms with van der Waals surface area (Å²) in [4.78, 5) is 38.8. The maximum Gasteiger partial charge on any atom is 0.491 e. The molecular weight excluding hydrogens is 613 g/mol. The van der Waals surface area contributed by atoms with Crippen LogP contribution in [0.3, 0.4) is 0 Å². The van der Waals surface area contributed by atoms with E-state index in [4.69, 9.17) is 25.4 Å². The van der Waals surface area contributed by atoms with Crippen molar-refractivity contribution in [2.24, 2.45) is 5.73 Å². The highest BCUT2D eigenvalue weighted by molar-refractivity contribution is 5.95. The summed E-state index contributed by atoms with van der Waals surface area (Å²) in [6, 6.07) is 15.8. The van der Waals surface area contributed by atoms with Crippen molar-refractivity contribution in [1.29, 1.82) is 5.41 Å². The van der Waals surface area contributed by atoms with E-state index in [0.717, 1.165) is 4.90 Å². The van der Waals surface area contributed by atoms with Crippen LogP contribution in [0.15, 0.2) is 66.7 Å². The van der Waals surface area contributed by atoms with Crippen LogP contribution in [0, 0.1) is 5.41 Å². The molecule has 0 aliphatic heterocycles. The summed E-state index contributed by atoms with van der Waals surface area (Å²) in [5, 5.41) is 10.7. The summed E-state index contributed by atoms with van der Waals surface area (Å²) in [6.07, 6.45) is -7.72. The minimum atomic E-state index is -5.40. The molecule has 0 radical (unpaired) electrons. The highest BCUT2D eigenvalue weighted by atomic mass is 19.4. The third kappa shape index (κ3) is 9.41. The molecule has 0 heterocycles. The van der Waals surface area contributed by atoms with E-state index in [1.165, 1.54) is 39.4 Å². The van der Waals surface area contributed by atoms with Gasteiger partial charge >= 0.3 is 24.3 Å². The molecule has 0 aliphatic carbocycles. The number of ether oxygens (including phenoxy) is 4. The van der Waals surface area contributed by atoms with Gasteiger partial charge in [0.05, 0.1) is 19.4 Å². The number of nitrogen functional groups attached to an aromatic ring is 1. The predicted octanol–water partition coefficient (Wildman–Crippen LogP) is 3.57. The van der Waals surface area contributed by atoms with Crippen molar-refractivity contribution >= 4 is 35.0 Å². The molecule has 0 spiro atoms. The number of anilines is 2. The van der Waals surface area contributed by atoms with E-state index in [2.05, 4.69) is 20.9 Å². The number of hydrazine groups is 1. The molecule has 2 amide bonds. The molecule has 6 N–H and O–H groups in total. The molecule has 3 aromatic carbocycles. The number of nitrogens with two attached hydrogens (primary N) is 1. The first kappa shape index (κ1) is 34.8. The smallest absolute Gasteiger partial charge is 0.491 e. The molecule has 3 rings (SSSR count). The molecule has 0 aliphatic rings. The van der Waals surface area contributed by atoms with Crippen LogP contribution in [0.1, 0.15) is 24.1 Å². The number of hydrogen-bond acceptors (Lipinski definition) is 10. The topological polar surface area (TPSA) is 177 Å². The van der Waals surface area contributed by atoms with Gasteiger partial charge in [0.1, 0.15) is 29.1 Å². The second-order valence-corrected chi connectivity index (χ2v) is 9.64. The molecular formula is C30H33F3N6O7. The first-order valence-electron chi connectivity index (χ1n) is 13.6. The van der Waals surface area contributed by atoms with Crippen LogP contribution in [0.4, 0.5) is 24.5 Å². The summed E-state index contributed by atoms with van der Waals surface area (Å²) < 4.78 is 59.7. The number of carbonyl (C=O) groups is 3. The van der Waals surface area contributed by atoms with Crippen molar-refractivity contribution in [1.82, 2.24) is 10.3 Å². The van der Waals surface area contributed by atoms with Crippen molar-refractivity contribution in [2.45, 2.75) is 25.4 Å². The summed E-state index contributed by atoms with van der Waals surface area (Å²) in [7, 11) is 3.93. The third-order valence-electron chi connectivity index (χ3n) is 6.07. The monoisotopic (exact) mass is 646 g/mol. The average molecular weight is 647 g/mol. The van der Waals surface area contributed by atoms with Crippen LogP contribution in [-0.2, 0) is 19.1 Å². The second-order valence-electron chi connectivity index (χ2n) is 9.64. The molecule has 2 atom stereocenters. The number of esters is 1. The van der Waals surface area contributed by atoms with Gasteiger partial charge in [-0.3, -0.25) is 25.8 Å². The Balaban J connectivity index is 2.04. The number of halogens is 3. The lowest BCUT2D eigenvalue weighted by atomic mass is 10.0. The zero-order chi connectivity index (χ0) is 34.0. The summed E-state index contributed by atoms with van der Waals surface area (Å²) in [5.41, 5.74) is 12.4. The van der Waals surface area contributed by atoms with E-state index in [1.807, 2.05) is 0 Å². The number of amides is 2. The van der Waals surface area contributed by atoms with Crippen molar-refractivity contribution in [3.8, 4) is 17.2 Å². The number of nitrogens with zero attached hydrogens (tertiary/aromatic N) is 1. The molecule has 0 saturated carbocycles. The Bertz CT molecular complexity index is 1550. The van der Waals surface area contributed by atoms with Crippen LogP contribution in [-0.4, -0.2) is 68.8 Å². The fourth-order valence-electron chi connectivity index (χ4n) is 3.86. The minimum absolute atomic E-state index is 0.123. The van der Waals surface area contributed by atoms with E-state index < -0.39 is 36.3 Å². The fraction of sp³-hybridized carbons (Fsp3) is 0.267. The number of amidine groups is 1. The summed E-state index contributed by atoms with van der Waals surface area (Å²) in [6.45, 7) is 1.82. The van der Waals surface area contributed by atoms with Gasteiger partial charge in [-0.1, -0.05) is 12.1 Å². The molecule has 0 bridgehead atoms. The summed E-state index contributed by atoms with van der Waals surface area (Å²) in [5.74, 6) is -4.24. The molecule has 0 saturated heterocycles. The van der Waals surface area contributed by atoms with Gasteiger partial charge in [-0.05, 0) is 61.0 Å². The number of carbonyl (C=O) groups excluding carboxylic acids is 3. The number of alkyl halides is 3. The van der Waals surface area contributed by atoms with Gasteiger partial charge in [-0.25, -0.2) is 4.79 Å². The van der Waals surface area contributed by atoms with E-state index in [0.29, 0.717) is 22.7 Å². The van der Waals surface area contributed by atoms with Crippen LogP contribution in [0.5, 0.6) is 17.2 Å². The molecule has 46 heavy (non-hydrogen) atoms. The second kappa shape index (κ2) is 15.4. The van der Waals surface area contributed by atoms with E-state index >= 15 is 0 Å². The first-order valence-corrected chi connectivity index (χ1v) is 13.6. The van der Waals surface area contributed by atoms with Crippen molar-refractivity contribution in [3.05, 3.63) is 77.9 Å². The Kier molecular flexibility index (Phi) is 11.6. The number of para-hydroxylation sites is 2. The molecule has 246 valence electrons. The molecule has 3 aromatic rings. The lowest BCUT2D eigenvalue weighted by Gasteiger charge is -2.24. The van der Waals surface area contributed by atoms with Crippen LogP contribution >= 0.6 is 0 Å². The quantitative estimate of drug-likeness (QED) is 0.0572. The van der Waals surface area contributed by atoms with E-state index in [9.17, 15) is 27.6 Å². The fourth-order valence-corrected chi connectivity index (χ4v) is 3.86. The number of methoxy groups -OCH3 is 1. The first-order chi connectivity index (χ1) is 21.7. The number of benzene rings is 3. The number of hydrogen-bond donors (Lipinski definition) is 5. The van der Waals surface area contributed by atoms with Crippen LogP contribution < -0.4 is 36.1 Å². The lowest BCUT2D eigenvalue weighted by molar-refractivity contribution is -0.217. The van der Waals surface area contributed by atoms with Crippen LogP contribution in [0.2, 0.25) is 0 Å². The molecule has 2 unspecified atom stereocenters. The summed E-state index contributed by atoms with van der Waals surface area (Å²) >= 11 is 0. The van der Waals surface area contributed by atoms with Gasteiger partial charge in [-0.15, -0.1) is 0 Å². The van der Waals surface area contributed by atoms with Gasteiger partial charge in [0.25, 0.3) is 5.91 Å². The van der Waals surface area contributed by atoms with Gasteiger partial charge in [0.15, 0.2) is 0 Å². The zero-order valence-corrected chi connectivity index (χ0v) is 25.2. The SMILES string of the molecule is CCOc1cc(OC(OC(=O)C(F)(F)F)C(=O)N(C)C)cc(C(Nc2ccc(C(=N)N)cc2)C(=O)NNc2ccccc2OC)c1. The van der Waals surface area contributed by atoms with Gasteiger partial charge in [0, 0.05) is 31.4 Å². The number of nitrogens with one attached hydrogen (secondary N) is 4. The average Bonchev–Trinajstić information content (AvgIpc) is 3.01. The third-order valence-corrected chi connectivity index (χ3v) is 6.07. The van der Waals surface area contributed by atoms with Gasteiger partial charge < -0.3 is 34.9 Å². The maximum absolute atomic E-state index is 13.7. The van der Waals surface area contributed by atoms with Crippen LogP contribution in [0.25, 0.3) is 0 Å². The maximum atomic E-state index is 13.7. The Morgan fingerprint density at radius 3 is 2.24 bits per heavy atom. The normalized spacial score (nSPS) is 12.2. The highest BCUT2D eigenvalue weighted by Crippen LogP contribution is 2.31. The van der Waals surface area contributed by atoms with Gasteiger partial charge in [-0.2, -0.15) is 13.2 Å². The highest BCUT2D eigenvalue weighted by Gasteiger charge is 2.44.